The fourth-order valence-corrected chi connectivity index (χ4v) is 2.55. The van der Waals surface area contributed by atoms with Crippen LogP contribution in [0, 0.1) is 0 Å². The van der Waals surface area contributed by atoms with Crippen molar-refractivity contribution in [2.45, 2.75) is 24.7 Å². The topological polar surface area (TPSA) is 69.6 Å². The van der Waals surface area contributed by atoms with Gasteiger partial charge in [0.05, 0.1) is 16.7 Å². The van der Waals surface area contributed by atoms with Gasteiger partial charge in [-0.3, -0.25) is 0 Å². The molecule has 0 aliphatic carbocycles. The summed E-state index contributed by atoms with van der Waals surface area (Å²) in [7, 11) is 0. The number of rotatable bonds is 5. The van der Waals surface area contributed by atoms with Crippen LogP contribution in [0.5, 0.6) is 0 Å². The Morgan fingerprint density at radius 3 is 3.15 bits per heavy atom. The second-order valence-electron chi connectivity index (χ2n) is 4.24. The van der Waals surface area contributed by atoms with Gasteiger partial charge in [0.1, 0.15) is 6.54 Å². The molecule has 1 atom stereocenters. The summed E-state index contributed by atoms with van der Waals surface area (Å²) in [5, 5.41) is 16.1. The van der Waals surface area contributed by atoms with Crippen LogP contribution >= 0.6 is 27.3 Å². The molecule has 104 valence electrons. The van der Waals surface area contributed by atoms with Crippen LogP contribution in [-0.2, 0) is 6.54 Å². The van der Waals surface area contributed by atoms with Crippen LogP contribution in [-0.4, -0.2) is 25.1 Å². The Hall–Kier alpha value is -1.54. The number of alkyl halides is 1. The number of hydrogen-bond donors (Lipinski definition) is 0. The normalized spacial score (nSPS) is 12.7. The fourth-order valence-electron chi connectivity index (χ4n) is 1.71. The van der Waals surface area contributed by atoms with Gasteiger partial charge in [0.15, 0.2) is 0 Å². The van der Waals surface area contributed by atoms with E-state index in [0.29, 0.717) is 18.3 Å². The molecular weight excluding hydrogens is 342 g/mol. The Balaban J connectivity index is 1.73. The monoisotopic (exact) mass is 353 g/mol. The molecule has 0 amide bonds. The molecule has 6 nitrogen and oxygen atoms in total. The van der Waals surface area contributed by atoms with E-state index in [1.54, 1.807) is 16.0 Å². The highest BCUT2D eigenvalue weighted by atomic mass is 79.9. The second kappa shape index (κ2) is 5.84. The largest absolute Gasteiger partial charge is 0.337 e. The summed E-state index contributed by atoms with van der Waals surface area (Å²) in [6.45, 7) is 2.51. The van der Waals surface area contributed by atoms with Gasteiger partial charge < -0.3 is 4.52 Å². The first-order chi connectivity index (χ1) is 9.76. The standard InChI is InChI=1S/C12H12BrN5OS/c1-2-9(13)10-5-18(17-15-10)6-11-14-12(16-19-11)8-3-4-20-7-8/h3-5,7,9H,2,6H2,1H3. The van der Waals surface area contributed by atoms with Crippen LogP contribution in [0.1, 0.15) is 29.8 Å². The van der Waals surface area contributed by atoms with E-state index in [2.05, 4.69) is 43.3 Å². The van der Waals surface area contributed by atoms with Gasteiger partial charge in [-0.15, -0.1) is 5.10 Å². The first-order valence-corrected chi connectivity index (χ1v) is 8.01. The summed E-state index contributed by atoms with van der Waals surface area (Å²) >= 11 is 5.15. The van der Waals surface area contributed by atoms with Gasteiger partial charge in [-0.25, -0.2) is 4.68 Å². The summed E-state index contributed by atoms with van der Waals surface area (Å²) in [6, 6.07) is 1.96. The van der Waals surface area contributed by atoms with Crippen molar-refractivity contribution in [1.82, 2.24) is 25.1 Å². The van der Waals surface area contributed by atoms with Gasteiger partial charge in [0.25, 0.3) is 0 Å². The van der Waals surface area contributed by atoms with Crippen molar-refractivity contribution in [3.63, 3.8) is 0 Å². The lowest BCUT2D eigenvalue weighted by Crippen LogP contribution is -2.00. The molecule has 0 aliphatic heterocycles. The van der Waals surface area contributed by atoms with Gasteiger partial charge >= 0.3 is 0 Å². The summed E-state index contributed by atoms with van der Waals surface area (Å²) < 4.78 is 6.93. The maximum atomic E-state index is 5.23. The SMILES string of the molecule is CCC(Br)c1cn(Cc2nc(-c3ccsc3)no2)nn1. The molecule has 0 saturated heterocycles. The molecule has 3 aromatic rings. The molecule has 8 heteroatoms. The third kappa shape index (κ3) is 2.80. The Kier molecular flexibility index (Phi) is 3.93. The molecular formula is C12H12BrN5OS. The third-order valence-electron chi connectivity index (χ3n) is 2.78. The minimum atomic E-state index is 0.223. The maximum absolute atomic E-state index is 5.23. The van der Waals surface area contributed by atoms with E-state index in [0.717, 1.165) is 17.7 Å². The predicted octanol–water partition coefficient (Wildman–Crippen LogP) is 3.28. The van der Waals surface area contributed by atoms with Crippen LogP contribution in [0.15, 0.2) is 27.5 Å². The van der Waals surface area contributed by atoms with Crippen molar-refractivity contribution in [3.05, 3.63) is 34.6 Å². The molecule has 0 fully saturated rings. The maximum Gasteiger partial charge on any atom is 0.248 e. The zero-order valence-corrected chi connectivity index (χ0v) is 13.1. The average Bonchev–Trinajstić information content (AvgIpc) is 3.19. The number of nitrogens with zero attached hydrogens (tertiary/aromatic N) is 5. The molecule has 0 N–H and O–H groups in total. The molecule has 0 bridgehead atoms. The highest BCUT2D eigenvalue weighted by molar-refractivity contribution is 9.09. The smallest absolute Gasteiger partial charge is 0.248 e. The van der Waals surface area contributed by atoms with E-state index in [4.69, 9.17) is 4.52 Å². The molecule has 20 heavy (non-hydrogen) atoms. The van der Waals surface area contributed by atoms with Crippen molar-refractivity contribution >= 4 is 27.3 Å². The van der Waals surface area contributed by atoms with Gasteiger partial charge in [-0.2, -0.15) is 16.3 Å². The molecule has 3 heterocycles. The van der Waals surface area contributed by atoms with Crippen molar-refractivity contribution in [2.75, 3.05) is 0 Å². The van der Waals surface area contributed by atoms with Crippen molar-refractivity contribution in [3.8, 4) is 11.4 Å². The molecule has 0 spiro atoms. The number of thiophene rings is 1. The third-order valence-corrected chi connectivity index (χ3v) is 4.58. The Bertz CT molecular complexity index is 678. The van der Waals surface area contributed by atoms with Crippen LogP contribution in [0.2, 0.25) is 0 Å². The Morgan fingerprint density at radius 1 is 1.50 bits per heavy atom. The van der Waals surface area contributed by atoms with Crippen LogP contribution in [0.25, 0.3) is 11.4 Å². The van der Waals surface area contributed by atoms with E-state index in [1.807, 2.05) is 23.0 Å². The summed E-state index contributed by atoms with van der Waals surface area (Å²) in [5.74, 6) is 1.12. The first-order valence-electron chi connectivity index (χ1n) is 6.15. The molecule has 0 aliphatic rings. The lowest BCUT2D eigenvalue weighted by molar-refractivity contribution is 0.364. The van der Waals surface area contributed by atoms with E-state index < -0.39 is 0 Å². The summed E-state index contributed by atoms with van der Waals surface area (Å²) in [4.78, 5) is 4.57. The second-order valence-corrected chi connectivity index (χ2v) is 6.13. The van der Waals surface area contributed by atoms with Crippen molar-refractivity contribution in [2.24, 2.45) is 0 Å². The Morgan fingerprint density at radius 2 is 2.40 bits per heavy atom. The zero-order chi connectivity index (χ0) is 13.9. The number of aromatic nitrogens is 5. The first kappa shape index (κ1) is 13.4. The quantitative estimate of drug-likeness (QED) is 0.658. The predicted molar refractivity (Wildman–Crippen MR) is 78.7 cm³/mol. The van der Waals surface area contributed by atoms with E-state index in [-0.39, 0.29) is 4.83 Å². The highest BCUT2D eigenvalue weighted by Gasteiger charge is 2.13. The number of halogens is 1. The summed E-state index contributed by atoms with van der Waals surface area (Å²) in [6.07, 6.45) is 2.85. The summed E-state index contributed by atoms with van der Waals surface area (Å²) in [5.41, 5.74) is 1.88. The van der Waals surface area contributed by atoms with Crippen molar-refractivity contribution < 1.29 is 4.52 Å². The van der Waals surface area contributed by atoms with E-state index >= 15 is 0 Å². The van der Waals surface area contributed by atoms with Crippen molar-refractivity contribution in [1.29, 1.82) is 0 Å². The average molecular weight is 354 g/mol. The van der Waals surface area contributed by atoms with Crippen LogP contribution in [0.4, 0.5) is 0 Å². The molecule has 0 aromatic carbocycles. The van der Waals surface area contributed by atoms with Crippen LogP contribution < -0.4 is 0 Å². The fraction of sp³-hybridized carbons (Fsp3) is 0.333. The van der Waals surface area contributed by atoms with Crippen LogP contribution in [0.3, 0.4) is 0 Å². The molecule has 3 aromatic heterocycles. The van der Waals surface area contributed by atoms with Gasteiger partial charge in [0.2, 0.25) is 11.7 Å². The minimum Gasteiger partial charge on any atom is -0.337 e. The number of hydrogen-bond acceptors (Lipinski definition) is 6. The van der Waals surface area contributed by atoms with E-state index in [1.165, 1.54) is 0 Å². The molecule has 3 rings (SSSR count). The minimum absolute atomic E-state index is 0.223. The lowest BCUT2D eigenvalue weighted by Gasteiger charge is -1.98. The highest BCUT2D eigenvalue weighted by Crippen LogP contribution is 2.23. The zero-order valence-electron chi connectivity index (χ0n) is 10.7. The molecule has 0 radical (unpaired) electrons. The lowest BCUT2D eigenvalue weighted by atomic mass is 10.3. The molecule has 1 unspecified atom stereocenters. The molecule has 0 saturated carbocycles. The van der Waals surface area contributed by atoms with Gasteiger partial charge in [-0.05, 0) is 17.9 Å². The Labute approximate surface area is 127 Å². The van der Waals surface area contributed by atoms with Gasteiger partial charge in [0, 0.05) is 10.9 Å². The van der Waals surface area contributed by atoms with Gasteiger partial charge in [-0.1, -0.05) is 33.2 Å². The van der Waals surface area contributed by atoms with E-state index in [9.17, 15) is 0 Å².